The fraction of sp³-hybridized carbons (Fsp3) is 0.786. The number of amides is 1. The number of sulfonamides is 1. The van der Waals surface area contributed by atoms with E-state index in [2.05, 4.69) is 37.8 Å². The quantitative estimate of drug-likeness (QED) is 0.0559. The van der Waals surface area contributed by atoms with Gasteiger partial charge in [-0.3, -0.25) is 9.59 Å². The minimum Gasteiger partial charge on any atom is -0.534 e. The molecule has 0 radical (unpaired) electrons. The van der Waals surface area contributed by atoms with Gasteiger partial charge in [0.1, 0.15) is 6.61 Å². The summed E-state index contributed by atoms with van der Waals surface area (Å²) in [7, 11) is -8.97. The summed E-state index contributed by atoms with van der Waals surface area (Å²) < 4.78 is 87.3. The van der Waals surface area contributed by atoms with E-state index in [1.54, 1.807) is 12.1 Å². The third-order valence-electron chi connectivity index (χ3n) is 9.18. The van der Waals surface area contributed by atoms with Gasteiger partial charge in [0, 0.05) is 6.61 Å². The smallest absolute Gasteiger partial charge is 0.534 e. The Morgan fingerprint density at radius 1 is 0.750 bits per heavy atom. The summed E-state index contributed by atoms with van der Waals surface area (Å²) in [5, 5.41) is 0. The second-order valence-electron chi connectivity index (χ2n) is 15.7. The molecule has 1 aromatic carbocycles. The number of alkyl halides is 3. The molecule has 0 aliphatic carbocycles. The van der Waals surface area contributed by atoms with Gasteiger partial charge < -0.3 is 32.6 Å². The van der Waals surface area contributed by atoms with E-state index >= 15 is 0 Å². The van der Waals surface area contributed by atoms with Crippen LogP contribution in [-0.2, 0) is 42.7 Å². The van der Waals surface area contributed by atoms with Crippen LogP contribution in [0, 0.1) is 11.3 Å². The average Bonchev–Trinajstić information content (AvgIpc) is 3.13. The maximum absolute atomic E-state index is 12.1. The van der Waals surface area contributed by atoms with Gasteiger partial charge in [-0.15, -0.1) is 0 Å². The summed E-state index contributed by atoms with van der Waals surface area (Å²) in [5.74, 6) is -1.44. The monoisotopic (exact) mass is 943 g/mol. The maximum atomic E-state index is 12.1. The van der Waals surface area contributed by atoms with Crippen molar-refractivity contribution in [2.24, 2.45) is 11.3 Å². The van der Waals surface area contributed by atoms with Crippen molar-refractivity contribution in [2.45, 2.75) is 165 Å². The Balaban J connectivity index is -0.000000250. The van der Waals surface area contributed by atoms with Gasteiger partial charge in [0.15, 0.2) is 26.7 Å². The topological polar surface area (TPSA) is 146 Å². The van der Waals surface area contributed by atoms with Gasteiger partial charge in [0.05, 0.1) is 43.7 Å². The molecule has 60 heavy (non-hydrogen) atoms. The molecule has 11 nitrogen and oxygen atoms in total. The number of benzene rings is 1. The van der Waals surface area contributed by atoms with Crippen LogP contribution in [0.3, 0.4) is 0 Å². The summed E-state index contributed by atoms with van der Waals surface area (Å²) >= 11 is 0. The molecule has 0 bridgehead atoms. The van der Waals surface area contributed by atoms with Crippen molar-refractivity contribution in [3.05, 3.63) is 40.1 Å². The summed E-state index contributed by atoms with van der Waals surface area (Å²) in [6.45, 7) is 30.2. The molecule has 0 aliphatic rings. The van der Waals surface area contributed by atoms with E-state index in [0.717, 1.165) is 37.3 Å². The van der Waals surface area contributed by atoms with E-state index in [-0.39, 0.29) is 101 Å². The molecule has 1 rings (SSSR count). The second kappa shape index (κ2) is 34.7. The van der Waals surface area contributed by atoms with Crippen LogP contribution >= 0.6 is 0 Å². The molecule has 2 unspecified atom stereocenters. The molecule has 0 aromatic heterocycles. The average molecular weight is 944 g/mol. The van der Waals surface area contributed by atoms with E-state index in [0.29, 0.717) is 39.6 Å². The second-order valence-corrected chi connectivity index (χ2v) is 26.2. The molecule has 18 heteroatoms. The third-order valence-corrected chi connectivity index (χ3v) is 17.7. The fourth-order valence-electron chi connectivity index (χ4n) is 4.73. The summed E-state index contributed by atoms with van der Waals surface area (Å²) in [6, 6.07) is 7.97. The van der Waals surface area contributed by atoms with Crippen LogP contribution in [0.2, 0.25) is 38.3 Å². The first-order valence-corrected chi connectivity index (χ1v) is 27.8. The largest absolute Gasteiger partial charge is 1.00 e. The number of hydrogen-bond donors (Lipinski definition) is 0. The number of unbranched alkanes of at least 4 members (excludes halogenated alkanes) is 1. The molecule has 0 heterocycles. The van der Waals surface area contributed by atoms with Gasteiger partial charge in [-0.1, -0.05) is 93.5 Å². The SMILES string of the molecule is C.C.CCC(C)c1ccc(C(=O)[N-]S(=O)(=O)C(F)(F)F)cc1.CCCC[Si](C)(C)O[Si](C)(C)CCCOC(=O)C(C)(C)CC.CCOCCOCCOC(=O)C(C)CC.[K+]. The van der Waals surface area contributed by atoms with Crippen LogP contribution in [0.25, 0.3) is 4.72 Å². The predicted molar refractivity (Wildman–Crippen MR) is 239 cm³/mol. The van der Waals surface area contributed by atoms with E-state index in [1.165, 1.54) is 31.0 Å². The number of carbonyl (C=O) groups is 3. The molecular formula is C42H81F3KNO10SSi2. The molecular weight excluding hydrogens is 863 g/mol. The Kier molecular flexibility index (Phi) is 39.5. The Hall–Kier alpha value is -0.680. The Morgan fingerprint density at radius 3 is 1.70 bits per heavy atom. The van der Waals surface area contributed by atoms with E-state index in [4.69, 9.17) is 23.1 Å². The zero-order valence-corrected chi connectivity index (χ0v) is 43.9. The van der Waals surface area contributed by atoms with Crippen molar-refractivity contribution in [3.63, 3.8) is 0 Å². The zero-order chi connectivity index (χ0) is 44.5. The Labute approximate surface area is 407 Å². The van der Waals surface area contributed by atoms with Crippen molar-refractivity contribution < 1.29 is 110 Å². The van der Waals surface area contributed by atoms with Crippen LogP contribution in [0.1, 0.15) is 138 Å². The predicted octanol–water partition coefficient (Wildman–Crippen LogP) is 9.05. The number of rotatable bonds is 24. The van der Waals surface area contributed by atoms with Crippen LogP contribution in [0.5, 0.6) is 0 Å². The van der Waals surface area contributed by atoms with Gasteiger partial charge in [-0.05, 0) is 102 Å². The maximum Gasteiger partial charge on any atom is 1.00 e. The van der Waals surface area contributed by atoms with E-state index in [9.17, 15) is 36.0 Å². The van der Waals surface area contributed by atoms with Crippen LogP contribution < -0.4 is 51.4 Å². The standard InChI is InChI=1S/C17H38O3Si2.C12H14F3NO3S.C11H22O4.2CH4.K/c1-9-11-14-21(5,6)20-22(7,8)15-12-13-19-16(18)17(3,4)10-2;1-3-8(2)9-4-6-10(7-5-9)11(17)16-20(18,19)12(13,14)15;1-4-10(3)11(12)15-9-8-14-7-6-13-5-2;;;/h9-15H2,1-8H3;4-8H,3H2,1-2H3,(H,16,17);10H,4-9H2,1-3H3;2*1H4;/q;;;;;+1/p-1. The van der Waals surface area contributed by atoms with Crippen molar-refractivity contribution in [3.8, 4) is 0 Å². The van der Waals surface area contributed by atoms with Crippen LogP contribution in [0.15, 0.2) is 24.3 Å². The van der Waals surface area contributed by atoms with Gasteiger partial charge in [-0.2, -0.15) is 13.2 Å². The minimum absolute atomic E-state index is 0. The van der Waals surface area contributed by atoms with Crippen molar-refractivity contribution >= 4 is 44.5 Å². The Bertz CT molecular complexity index is 1400. The first-order chi connectivity index (χ1) is 26.3. The molecule has 2 atom stereocenters. The third kappa shape index (κ3) is 31.2. The zero-order valence-electron chi connectivity index (χ0n) is 37.9. The fourth-order valence-corrected chi connectivity index (χ4v) is 14.2. The molecule has 0 fully saturated rings. The number of ether oxygens (including phenoxy) is 4. The van der Waals surface area contributed by atoms with Crippen molar-refractivity contribution in [2.75, 3.05) is 39.6 Å². The van der Waals surface area contributed by atoms with Gasteiger partial charge in [0.2, 0.25) is 0 Å². The van der Waals surface area contributed by atoms with E-state index in [1.807, 2.05) is 55.4 Å². The number of nitrogens with zero attached hydrogens (tertiary/aromatic N) is 1. The molecule has 350 valence electrons. The van der Waals surface area contributed by atoms with Crippen molar-refractivity contribution in [1.29, 1.82) is 0 Å². The molecule has 0 saturated heterocycles. The molecule has 0 saturated carbocycles. The number of hydrogen-bond acceptors (Lipinski definition) is 10. The minimum atomic E-state index is -5.80. The summed E-state index contributed by atoms with van der Waals surface area (Å²) in [4.78, 5) is 34.6. The van der Waals surface area contributed by atoms with Gasteiger partial charge in [0.25, 0.3) is 0 Å². The van der Waals surface area contributed by atoms with Crippen LogP contribution in [0.4, 0.5) is 13.2 Å². The first-order valence-electron chi connectivity index (χ1n) is 20.1. The Morgan fingerprint density at radius 2 is 1.25 bits per heavy atom. The van der Waals surface area contributed by atoms with E-state index < -0.39 is 38.1 Å². The summed E-state index contributed by atoms with van der Waals surface area (Å²) in [5.41, 5.74) is -5.23. The molecule has 0 N–H and O–H groups in total. The molecule has 1 amide bonds. The molecule has 0 aliphatic heterocycles. The summed E-state index contributed by atoms with van der Waals surface area (Å²) in [6.07, 6.45) is 5.91. The molecule has 0 spiro atoms. The number of halogens is 3. The van der Waals surface area contributed by atoms with Gasteiger partial charge in [-0.25, -0.2) is 8.42 Å². The first kappa shape index (κ1) is 68.4. The van der Waals surface area contributed by atoms with Gasteiger partial charge >= 0.3 is 68.8 Å². The number of carbonyl (C=O) groups excluding carboxylic acids is 3. The van der Waals surface area contributed by atoms with Crippen molar-refractivity contribution in [1.82, 2.24) is 0 Å². The molecule has 1 aromatic rings. The van der Waals surface area contributed by atoms with Crippen LogP contribution in [-0.4, -0.2) is 88.0 Å². The normalized spacial score (nSPS) is 12.6. The number of esters is 2.